The van der Waals surface area contributed by atoms with Gasteiger partial charge in [-0.25, -0.2) is 0 Å². The maximum absolute atomic E-state index is 12.1. The summed E-state index contributed by atoms with van der Waals surface area (Å²) in [7, 11) is 3.11. The van der Waals surface area contributed by atoms with Crippen LogP contribution in [0.3, 0.4) is 0 Å². The van der Waals surface area contributed by atoms with Crippen LogP contribution in [0, 0.1) is 0 Å². The molecule has 0 saturated heterocycles. The quantitative estimate of drug-likeness (QED) is 0.486. The van der Waals surface area contributed by atoms with Crippen molar-refractivity contribution < 1.29 is 24.2 Å². The number of amides is 1. The molecule has 0 heterocycles. The van der Waals surface area contributed by atoms with Crippen molar-refractivity contribution >= 4 is 11.9 Å². The molecule has 0 unspecified atom stereocenters. The van der Waals surface area contributed by atoms with Crippen LogP contribution in [0.1, 0.15) is 68.1 Å². The van der Waals surface area contributed by atoms with Crippen LogP contribution in [0.4, 0.5) is 0 Å². The first kappa shape index (κ1) is 21.8. The average molecular weight is 365 g/mol. The lowest BCUT2D eigenvalue weighted by molar-refractivity contribution is -0.137. The maximum atomic E-state index is 12.1. The lowest BCUT2D eigenvalue weighted by atomic mass is 10.1. The Bertz CT molecular complexity index is 559. The number of methoxy groups -OCH3 is 2. The third kappa shape index (κ3) is 8.74. The SMILES string of the molecule is COc1ccc(C(=O)NCCCCCCCCCCC(=O)O)cc1OC. The first-order chi connectivity index (χ1) is 12.6. The summed E-state index contributed by atoms with van der Waals surface area (Å²) in [6.45, 7) is 0.659. The van der Waals surface area contributed by atoms with Crippen molar-refractivity contribution in [2.75, 3.05) is 20.8 Å². The number of nitrogens with one attached hydrogen (secondary N) is 1. The Balaban J connectivity index is 2.09. The summed E-state index contributed by atoms with van der Waals surface area (Å²) in [6, 6.07) is 5.13. The number of benzene rings is 1. The van der Waals surface area contributed by atoms with Crippen LogP contribution in [0.5, 0.6) is 11.5 Å². The van der Waals surface area contributed by atoms with Crippen LogP contribution in [0.2, 0.25) is 0 Å². The van der Waals surface area contributed by atoms with Crippen LogP contribution in [0.15, 0.2) is 18.2 Å². The number of carboxylic acid groups (broad SMARTS) is 1. The molecule has 0 radical (unpaired) electrons. The predicted molar refractivity (Wildman–Crippen MR) is 101 cm³/mol. The lowest BCUT2D eigenvalue weighted by Crippen LogP contribution is -2.24. The van der Waals surface area contributed by atoms with E-state index in [2.05, 4.69) is 5.32 Å². The summed E-state index contributed by atoms with van der Waals surface area (Å²) in [4.78, 5) is 22.5. The molecule has 6 heteroatoms. The minimum Gasteiger partial charge on any atom is -0.493 e. The molecule has 1 aromatic rings. The fourth-order valence-electron chi connectivity index (χ4n) is 2.74. The molecule has 146 valence electrons. The molecular weight excluding hydrogens is 334 g/mol. The molecule has 0 spiro atoms. The number of aliphatic carboxylic acids is 1. The Labute approximate surface area is 155 Å². The van der Waals surface area contributed by atoms with Crippen molar-refractivity contribution in [1.29, 1.82) is 0 Å². The van der Waals surface area contributed by atoms with Gasteiger partial charge in [0.2, 0.25) is 0 Å². The number of carboxylic acids is 1. The molecule has 0 fully saturated rings. The highest BCUT2D eigenvalue weighted by molar-refractivity contribution is 5.94. The fraction of sp³-hybridized carbons (Fsp3) is 0.600. The molecule has 0 aromatic heterocycles. The van der Waals surface area contributed by atoms with E-state index in [4.69, 9.17) is 14.6 Å². The number of ether oxygens (including phenoxy) is 2. The summed E-state index contributed by atoms with van der Waals surface area (Å²) in [6.07, 6.45) is 8.65. The van der Waals surface area contributed by atoms with Crippen molar-refractivity contribution in [1.82, 2.24) is 5.32 Å². The van der Waals surface area contributed by atoms with E-state index in [0.29, 0.717) is 23.6 Å². The normalized spacial score (nSPS) is 10.4. The molecule has 0 aliphatic carbocycles. The molecular formula is C20H31NO5. The van der Waals surface area contributed by atoms with Crippen LogP contribution < -0.4 is 14.8 Å². The Kier molecular flexibility index (Phi) is 10.9. The summed E-state index contributed by atoms with van der Waals surface area (Å²) >= 11 is 0. The fourth-order valence-corrected chi connectivity index (χ4v) is 2.74. The van der Waals surface area contributed by atoms with E-state index in [9.17, 15) is 9.59 Å². The van der Waals surface area contributed by atoms with Crippen molar-refractivity contribution in [2.45, 2.75) is 57.8 Å². The second-order valence-electron chi connectivity index (χ2n) is 6.30. The van der Waals surface area contributed by atoms with E-state index in [0.717, 1.165) is 51.4 Å². The van der Waals surface area contributed by atoms with Gasteiger partial charge in [-0.15, -0.1) is 0 Å². The molecule has 0 aliphatic heterocycles. The maximum Gasteiger partial charge on any atom is 0.303 e. The highest BCUT2D eigenvalue weighted by Crippen LogP contribution is 2.27. The third-order valence-electron chi connectivity index (χ3n) is 4.25. The summed E-state index contributed by atoms with van der Waals surface area (Å²) in [5, 5.41) is 11.5. The topological polar surface area (TPSA) is 84.9 Å². The van der Waals surface area contributed by atoms with Gasteiger partial charge in [-0.3, -0.25) is 9.59 Å². The first-order valence-corrected chi connectivity index (χ1v) is 9.30. The molecule has 26 heavy (non-hydrogen) atoms. The molecule has 0 aliphatic rings. The van der Waals surface area contributed by atoms with E-state index in [1.54, 1.807) is 32.4 Å². The Morgan fingerprint density at radius 3 is 2.04 bits per heavy atom. The standard InChI is InChI=1S/C20H31NO5/c1-25-17-13-12-16(15-18(17)26-2)20(24)21-14-10-8-6-4-3-5-7-9-11-19(22)23/h12-13,15H,3-11,14H2,1-2H3,(H,21,24)(H,22,23). The average Bonchev–Trinajstić information content (AvgIpc) is 2.64. The molecule has 0 bridgehead atoms. The van der Waals surface area contributed by atoms with Gasteiger partial charge in [0.1, 0.15) is 0 Å². The largest absolute Gasteiger partial charge is 0.493 e. The molecule has 1 rings (SSSR count). The molecule has 1 aromatic carbocycles. The second-order valence-corrected chi connectivity index (χ2v) is 6.30. The highest BCUT2D eigenvalue weighted by Gasteiger charge is 2.10. The number of hydrogen-bond acceptors (Lipinski definition) is 4. The molecule has 0 atom stereocenters. The Morgan fingerprint density at radius 2 is 1.46 bits per heavy atom. The smallest absolute Gasteiger partial charge is 0.303 e. The van der Waals surface area contributed by atoms with Gasteiger partial charge in [0, 0.05) is 18.5 Å². The Hall–Kier alpha value is -2.24. The number of hydrogen-bond donors (Lipinski definition) is 2. The van der Waals surface area contributed by atoms with Gasteiger partial charge in [0.25, 0.3) is 5.91 Å². The van der Waals surface area contributed by atoms with Crippen LogP contribution in [-0.4, -0.2) is 37.7 Å². The molecule has 1 amide bonds. The van der Waals surface area contributed by atoms with Gasteiger partial charge in [-0.2, -0.15) is 0 Å². The number of carbonyl (C=O) groups is 2. The van der Waals surface area contributed by atoms with E-state index < -0.39 is 5.97 Å². The Morgan fingerprint density at radius 1 is 0.885 bits per heavy atom. The third-order valence-corrected chi connectivity index (χ3v) is 4.25. The van der Waals surface area contributed by atoms with E-state index in [-0.39, 0.29) is 12.3 Å². The van der Waals surface area contributed by atoms with Crippen molar-refractivity contribution in [3.63, 3.8) is 0 Å². The predicted octanol–water partition coefficient (Wildman–Crippen LogP) is 4.03. The van der Waals surface area contributed by atoms with Gasteiger partial charge in [0.05, 0.1) is 14.2 Å². The van der Waals surface area contributed by atoms with Crippen LogP contribution in [0.25, 0.3) is 0 Å². The zero-order chi connectivity index (χ0) is 19.2. The minimum absolute atomic E-state index is 0.107. The number of rotatable bonds is 14. The lowest BCUT2D eigenvalue weighted by Gasteiger charge is -2.10. The van der Waals surface area contributed by atoms with Crippen molar-refractivity contribution in [2.24, 2.45) is 0 Å². The monoisotopic (exact) mass is 365 g/mol. The second kappa shape index (κ2) is 13.0. The van der Waals surface area contributed by atoms with Gasteiger partial charge >= 0.3 is 5.97 Å². The van der Waals surface area contributed by atoms with Gasteiger partial charge in [-0.1, -0.05) is 38.5 Å². The van der Waals surface area contributed by atoms with Gasteiger partial charge < -0.3 is 19.9 Å². The highest BCUT2D eigenvalue weighted by atomic mass is 16.5. The van der Waals surface area contributed by atoms with E-state index in [1.165, 1.54) is 0 Å². The summed E-state index contributed by atoms with van der Waals surface area (Å²) < 4.78 is 10.4. The molecule has 6 nitrogen and oxygen atoms in total. The van der Waals surface area contributed by atoms with Gasteiger partial charge in [0.15, 0.2) is 11.5 Å². The van der Waals surface area contributed by atoms with Crippen molar-refractivity contribution in [3.05, 3.63) is 23.8 Å². The number of carbonyl (C=O) groups excluding carboxylic acids is 1. The minimum atomic E-state index is -0.708. The van der Waals surface area contributed by atoms with Crippen LogP contribution in [-0.2, 0) is 4.79 Å². The summed E-state index contributed by atoms with van der Waals surface area (Å²) in [5.41, 5.74) is 0.559. The van der Waals surface area contributed by atoms with Crippen LogP contribution >= 0.6 is 0 Å². The summed E-state index contributed by atoms with van der Waals surface area (Å²) in [5.74, 6) is 0.333. The van der Waals surface area contributed by atoms with Gasteiger partial charge in [-0.05, 0) is 31.0 Å². The van der Waals surface area contributed by atoms with Crippen molar-refractivity contribution in [3.8, 4) is 11.5 Å². The van der Waals surface area contributed by atoms with E-state index in [1.807, 2.05) is 0 Å². The zero-order valence-electron chi connectivity index (χ0n) is 15.9. The number of unbranched alkanes of at least 4 members (excludes halogenated alkanes) is 7. The molecule has 0 saturated carbocycles. The zero-order valence-corrected chi connectivity index (χ0v) is 15.9. The molecule has 2 N–H and O–H groups in total. The first-order valence-electron chi connectivity index (χ1n) is 9.30. The van der Waals surface area contributed by atoms with E-state index >= 15 is 0 Å².